The number of aliphatic imine (C=N–C) groups is 1. The zero-order valence-electron chi connectivity index (χ0n) is 13.6. The van der Waals surface area contributed by atoms with E-state index in [2.05, 4.69) is 17.4 Å². The summed E-state index contributed by atoms with van der Waals surface area (Å²) in [6.45, 7) is 8.09. The molecule has 6 heteroatoms. The first-order valence-corrected chi connectivity index (χ1v) is 7.95. The molecule has 1 saturated heterocycles. The Morgan fingerprint density at radius 3 is 3.00 bits per heavy atom. The quantitative estimate of drug-likeness (QED) is 0.673. The molecule has 1 aliphatic heterocycles. The Balaban J connectivity index is 1.70. The van der Waals surface area contributed by atoms with Crippen molar-refractivity contribution in [2.75, 3.05) is 13.1 Å². The zero-order valence-corrected chi connectivity index (χ0v) is 13.6. The van der Waals surface area contributed by atoms with Crippen LogP contribution in [0.25, 0.3) is 11.0 Å². The van der Waals surface area contributed by atoms with E-state index in [0.717, 1.165) is 13.1 Å². The van der Waals surface area contributed by atoms with E-state index in [1.54, 1.807) is 12.1 Å². The second-order valence-electron chi connectivity index (χ2n) is 7.46. The van der Waals surface area contributed by atoms with Gasteiger partial charge in [0.15, 0.2) is 5.82 Å². The van der Waals surface area contributed by atoms with Gasteiger partial charge in [-0.2, -0.15) is 0 Å². The number of hydrogen-bond donors (Lipinski definition) is 2. The molecule has 3 atom stereocenters. The summed E-state index contributed by atoms with van der Waals surface area (Å²) in [7, 11) is 0. The minimum absolute atomic E-state index is 0.170. The topological polar surface area (TPSA) is 76.4 Å². The fraction of sp³-hybridized carbons (Fsp3) is 0.529. The third-order valence-corrected chi connectivity index (χ3v) is 5.48. The van der Waals surface area contributed by atoms with Gasteiger partial charge in [0.2, 0.25) is 5.58 Å². The minimum atomic E-state index is -0.663. The number of amidine groups is 1. The Hall–Kier alpha value is -1.95. The van der Waals surface area contributed by atoms with Crippen molar-refractivity contribution < 1.29 is 8.91 Å². The molecule has 2 aliphatic rings. The van der Waals surface area contributed by atoms with Gasteiger partial charge in [-0.25, -0.2) is 4.39 Å². The smallest absolute Gasteiger partial charge is 0.202 e. The van der Waals surface area contributed by atoms with Crippen LogP contribution < -0.4 is 11.1 Å². The Bertz CT molecular complexity index is 812. The van der Waals surface area contributed by atoms with Crippen molar-refractivity contribution in [1.29, 1.82) is 0 Å². The van der Waals surface area contributed by atoms with Crippen molar-refractivity contribution in [1.82, 2.24) is 10.5 Å². The van der Waals surface area contributed by atoms with E-state index in [1.165, 1.54) is 6.07 Å². The van der Waals surface area contributed by atoms with Gasteiger partial charge in [-0.05, 0) is 43.9 Å². The van der Waals surface area contributed by atoms with Crippen LogP contribution in [0.1, 0.15) is 26.5 Å². The number of nitrogens with zero attached hydrogens (tertiary/aromatic N) is 2. The number of halogens is 1. The molecule has 2 aromatic rings. The molecule has 5 nitrogen and oxygen atoms in total. The normalized spacial score (nSPS) is 30.7. The van der Waals surface area contributed by atoms with Crippen molar-refractivity contribution in [3.05, 3.63) is 29.7 Å². The van der Waals surface area contributed by atoms with Crippen LogP contribution in [0.4, 0.5) is 4.39 Å². The van der Waals surface area contributed by atoms with E-state index in [9.17, 15) is 4.39 Å². The van der Waals surface area contributed by atoms with E-state index in [0.29, 0.717) is 28.8 Å². The van der Waals surface area contributed by atoms with Gasteiger partial charge in [-0.15, -0.1) is 0 Å². The van der Waals surface area contributed by atoms with Crippen molar-refractivity contribution in [2.24, 2.45) is 28.0 Å². The molecule has 2 fully saturated rings. The number of fused-ring (bicyclic) bond motifs is 2. The Morgan fingerprint density at radius 1 is 1.52 bits per heavy atom. The van der Waals surface area contributed by atoms with Crippen LogP contribution in [-0.4, -0.2) is 24.1 Å². The molecule has 0 bridgehead atoms. The highest BCUT2D eigenvalue weighted by molar-refractivity contribution is 5.88. The second-order valence-corrected chi connectivity index (χ2v) is 7.46. The van der Waals surface area contributed by atoms with Crippen LogP contribution in [0.3, 0.4) is 0 Å². The lowest BCUT2D eigenvalue weighted by molar-refractivity contribution is 0.404. The first-order valence-electron chi connectivity index (χ1n) is 7.95. The highest BCUT2D eigenvalue weighted by atomic mass is 19.1. The lowest BCUT2D eigenvalue weighted by Gasteiger charge is -2.19. The van der Waals surface area contributed by atoms with Crippen molar-refractivity contribution >= 4 is 16.8 Å². The molecule has 0 amide bonds. The summed E-state index contributed by atoms with van der Waals surface area (Å²) in [6, 6.07) is 4.81. The van der Waals surface area contributed by atoms with Gasteiger partial charge in [0.25, 0.3) is 0 Å². The predicted octanol–water partition coefficient (Wildman–Crippen LogP) is 2.41. The summed E-state index contributed by atoms with van der Waals surface area (Å²) >= 11 is 0. The fourth-order valence-electron chi connectivity index (χ4n) is 4.11. The fourth-order valence-corrected chi connectivity index (χ4v) is 4.11. The van der Waals surface area contributed by atoms with E-state index in [-0.39, 0.29) is 11.0 Å². The second kappa shape index (κ2) is 4.54. The lowest BCUT2D eigenvalue weighted by atomic mass is 9.97. The van der Waals surface area contributed by atoms with E-state index >= 15 is 0 Å². The predicted molar refractivity (Wildman–Crippen MR) is 86.6 cm³/mol. The standard InChI is InChI=1S/C17H21FN4O/c1-16(2,14-9-5-4-6-11(18)13(9)23-22-14)21-15(19)12-10-7-20-8-17(10,12)3/h4-6,10,12,20H,7-8H2,1-3H3,(H2,19,21)/t10-,12+,17-/m1/s1. The van der Waals surface area contributed by atoms with Gasteiger partial charge in [-0.1, -0.05) is 18.1 Å². The highest BCUT2D eigenvalue weighted by Gasteiger charge is 2.65. The van der Waals surface area contributed by atoms with Crippen LogP contribution in [0.15, 0.2) is 27.7 Å². The maximum atomic E-state index is 13.8. The molecular weight excluding hydrogens is 295 g/mol. The van der Waals surface area contributed by atoms with Crippen molar-refractivity contribution in [2.45, 2.75) is 26.3 Å². The van der Waals surface area contributed by atoms with E-state index in [4.69, 9.17) is 15.2 Å². The number of rotatable bonds is 3. The molecule has 3 N–H and O–H groups in total. The molecule has 122 valence electrons. The first-order chi connectivity index (χ1) is 10.8. The molecule has 2 heterocycles. The van der Waals surface area contributed by atoms with Crippen LogP contribution in [0.2, 0.25) is 0 Å². The van der Waals surface area contributed by atoms with Crippen LogP contribution >= 0.6 is 0 Å². The summed E-state index contributed by atoms with van der Waals surface area (Å²) in [5, 5.41) is 8.10. The van der Waals surface area contributed by atoms with Crippen LogP contribution in [0, 0.1) is 23.1 Å². The zero-order chi connectivity index (χ0) is 16.4. The summed E-state index contributed by atoms with van der Waals surface area (Å²) in [5.74, 6) is 1.13. The van der Waals surface area contributed by atoms with Gasteiger partial charge in [0.1, 0.15) is 11.2 Å². The largest absolute Gasteiger partial charge is 0.387 e. The molecule has 0 spiro atoms. The van der Waals surface area contributed by atoms with Gasteiger partial charge in [-0.3, -0.25) is 4.99 Å². The average molecular weight is 316 g/mol. The third kappa shape index (κ3) is 2.01. The maximum absolute atomic E-state index is 13.8. The molecule has 0 unspecified atom stereocenters. The Morgan fingerprint density at radius 2 is 2.30 bits per heavy atom. The molecule has 0 radical (unpaired) electrons. The monoisotopic (exact) mass is 316 g/mol. The number of aromatic nitrogens is 1. The molecule has 1 aromatic carbocycles. The minimum Gasteiger partial charge on any atom is -0.387 e. The molecular formula is C17H21FN4O. The molecule has 23 heavy (non-hydrogen) atoms. The van der Waals surface area contributed by atoms with Crippen LogP contribution in [0.5, 0.6) is 0 Å². The van der Waals surface area contributed by atoms with Gasteiger partial charge in [0.05, 0.1) is 11.2 Å². The maximum Gasteiger partial charge on any atom is 0.202 e. The number of nitrogens with two attached hydrogens (primary N) is 1. The Labute approximate surface area is 134 Å². The lowest BCUT2D eigenvalue weighted by Crippen LogP contribution is -2.30. The number of hydrogen-bond acceptors (Lipinski definition) is 4. The number of para-hydroxylation sites is 1. The summed E-state index contributed by atoms with van der Waals surface area (Å²) in [6.07, 6.45) is 0. The summed E-state index contributed by atoms with van der Waals surface area (Å²) in [4.78, 5) is 4.74. The Kier molecular flexibility index (Phi) is 2.89. The first kappa shape index (κ1) is 14.6. The third-order valence-electron chi connectivity index (χ3n) is 5.48. The van der Waals surface area contributed by atoms with Crippen molar-refractivity contribution in [3.8, 4) is 0 Å². The SMILES string of the molecule is CC(C)(N=C(N)[C@@H]1[C@H]2CNC[C@]21C)c1noc2c(F)cccc12. The molecule has 1 aliphatic carbocycles. The van der Waals surface area contributed by atoms with Gasteiger partial charge >= 0.3 is 0 Å². The molecule has 1 aromatic heterocycles. The highest BCUT2D eigenvalue weighted by Crippen LogP contribution is 2.60. The summed E-state index contributed by atoms with van der Waals surface area (Å²) < 4.78 is 19.0. The molecule has 4 rings (SSSR count). The van der Waals surface area contributed by atoms with Gasteiger partial charge in [0, 0.05) is 12.5 Å². The van der Waals surface area contributed by atoms with Crippen LogP contribution in [-0.2, 0) is 5.54 Å². The van der Waals surface area contributed by atoms with E-state index < -0.39 is 11.4 Å². The molecule has 1 saturated carbocycles. The number of benzene rings is 1. The van der Waals surface area contributed by atoms with E-state index in [1.807, 2.05) is 13.8 Å². The van der Waals surface area contributed by atoms with Gasteiger partial charge < -0.3 is 15.6 Å². The average Bonchev–Trinajstić information content (AvgIpc) is 2.83. The summed E-state index contributed by atoms with van der Waals surface area (Å²) in [5.41, 5.74) is 6.66. The number of piperidine rings is 1. The van der Waals surface area contributed by atoms with Crippen molar-refractivity contribution in [3.63, 3.8) is 0 Å². The number of nitrogens with one attached hydrogen (secondary N) is 1.